The first-order valence-electron chi connectivity index (χ1n) is 7.71. The summed E-state index contributed by atoms with van der Waals surface area (Å²) in [5.41, 5.74) is 2.51. The predicted octanol–water partition coefficient (Wildman–Crippen LogP) is 5.55. The van der Waals surface area contributed by atoms with Crippen LogP contribution in [0.25, 0.3) is 0 Å². The van der Waals surface area contributed by atoms with E-state index in [2.05, 4.69) is 15.3 Å². The molecule has 0 aliphatic heterocycles. The first-order valence-corrected chi connectivity index (χ1v) is 8.90. The number of hydrogen-bond donors (Lipinski definition) is 1. The maximum atomic E-state index is 11.7. The topological polar surface area (TPSA) is 81.0 Å². The lowest BCUT2D eigenvalue weighted by molar-refractivity contribution is -0.387. The summed E-state index contributed by atoms with van der Waals surface area (Å²) in [5, 5.41) is 15.6. The first-order chi connectivity index (χ1) is 12.4. The minimum Gasteiger partial charge on any atom is -0.334 e. The van der Waals surface area contributed by atoms with Crippen molar-refractivity contribution in [3.8, 4) is 0 Å². The van der Waals surface area contributed by atoms with Crippen LogP contribution in [0.5, 0.6) is 0 Å². The van der Waals surface area contributed by atoms with E-state index in [0.29, 0.717) is 10.7 Å². The van der Waals surface area contributed by atoms with Gasteiger partial charge in [-0.05, 0) is 49.7 Å². The molecule has 6 nitrogen and oxygen atoms in total. The second-order valence-corrected chi connectivity index (χ2v) is 7.13. The molecular weight excluding hydrogens is 372 g/mol. The molecule has 0 aliphatic carbocycles. The molecule has 0 fully saturated rings. The molecule has 1 heterocycles. The second kappa shape index (κ2) is 7.72. The molecule has 8 heteroatoms. The molecule has 0 saturated carbocycles. The van der Waals surface area contributed by atoms with Gasteiger partial charge in [0.15, 0.2) is 5.03 Å². The van der Waals surface area contributed by atoms with Crippen molar-refractivity contribution in [2.45, 2.75) is 23.8 Å². The molecule has 0 unspecified atom stereocenters. The summed E-state index contributed by atoms with van der Waals surface area (Å²) in [6.45, 7) is 3.85. The van der Waals surface area contributed by atoms with Crippen molar-refractivity contribution in [3.63, 3.8) is 0 Å². The van der Waals surface area contributed by atoms with Crippen LogP contribution in [0.1, 0.15) is 11.1 Å². The van der Waals surface area contributed by atoms with Crippen LogP contribution in [0, 0.1) is 24.0 Å². The van der Waals surface area contributed by atoms with Crippen molar-refractivity contribution in [2.24, 2.45) is 0 Å². The van der Waals surface area contributed by atoms with Crippen LogP contribution in [-0.4, -0.2) is 14.9 Å². The summed E-state index contributed by atoms with van der Waals surface area (Å²) >= 11 is 7.19. The second-order valence-electron chi connectivity index (χ2n) is 5.63. The zero-order valence-corrected chi connectivity index (χ0v) is 15.6. The van der Waals surface area contributed by atoms with E-state index in [1.165, 1.54) is 18.1 Å². The van der Waals surface area contributed by atoms with Crippen molar-refractivity contribution >= 4 is 40.6 Å². The molecule has 0 aliphatic rings. The van der Waals surface area contributed by atoms with Gasteiger partial charge in [0.05, 0.1) is 4.92 Å². The number of anilines is 2. The minimum atomic E-state index is -0.468. The first kappa shape index (κ1) is 18.2. The lowest BCUT2D eigenvalue weighted by Gasteiger charge is -2.11. The molecule has 3 aromatic rings. The van der Waals surface area contributed by atoms with E-state index in [9.17, 15) is 10.1 Å². The summed E-state index contributed by atoms with van der Waals surface area (Å²) in [4.78, 5) is 20.2. The van der Waals surface area contributed by atoms with Crippen LogP contribution in [0.15, 0.2) is 58.7 Å². The summed E-state index contributed by atoms with van der Waals surface area (Å²) < 4.78 is 0. The van der Waals surface area contributed by atoms with Gasteiger partial charge in [-0.25, -0.2) is 9.97 Å². The molecular formula is C18H15ClN4O2S. The highest BCUT2D eigenvalue weighted by Gasteiger charge is 2.24. The largest absolute Gasteiger partial charge is 0.343 e. The third-order valence-electron chi connectivity index (χ3n) is 3.65. The van der Waals surface area contributed by atoms with Gasteiger partial charge in [0.1, 0.15) is 6.33 Å². The summed E-state index contributed by atoms with van der Waals surface area (Å²) in [6, 6.07) is 13.0. The number of halogens is 1. The van der Waals surface area contributed by atoms with Gasteiger partial charge in [0.2, 0.25) is 5.82 Å². The van der Waals surface area contributed by atoms with Crippen molar-refractivity contribution in [1.82, 2.24) is 9.97 Å². The van der Waals surface area contributed by atoms with Crippen molar-refractivity contribution in [2.75, 3.05) is 5.32 Å². The molecule has 0 atom stereocenters. The van der Waals surface area contributed by atoms with Crippen LogP contribution in [-0.2, 0) is 0 Å². The number of aromatic nitrogens is 2. The number of nitro groups is 1. The van der Waals surface area contributed by atoms with Gasteiger partial charge in [-0.2, -0.15) is 0 Å². The Balaban J connectivity index is 1.98. The van der Waals surface area contributed by atoms with E-state index in [0.717, 1.165) is 16.0 Å². The highest BCUT2D eigenvalue weighted by atomic mass is 35.5. The molecule has 1 N–H and O–H groups in total. The average Bonchev–Trinajstić information content (AvgIpc) is 2.59. The predicted molar refractivity (Wildman–Crippen MR) is 103 cm³/mol. The molecule has 0 amide bonds. The summed E-state index contributed by atoms with van der Waals surface area (Å²) in [7, 11) is 0. The van der Waals surface area contributed by atoms with Crippen LogP contribution in [0.3, 0.4) is 0 Å². The molecule has 26 heavy (non-hydrogen) atoms. The lowest BCUT2D eigenvalue weighted by Crippen LogP contribution is -2.03. The smallest absolute Gasteiger partial charge is 0.334 e. The number of aryl methyl sites for hydroxylation is 2. The molecule has 0 bridgehead atoms. The number of rotatable bonds is 5. The van der Waals surface area contributed by atoms with Crippen molar-refractivity contribution in [3.05, 3.63) is 75.1 Å². The van der Waals surface area contributed by atoms with Crippen molar-refractivity contribution < 1.29 is 4.92 Å². The van der Waals surface area contributed by atoms with Crippen molar-refractivity contribution in [1.29, 1.82) is 0 Å². The Morgan fingerprint density at radius 1 is 1.12 bits per heavy atom. The minimum absolute atomic E-state index is 0.144. The van der Waals surface area contributed by atoms with Gasteiger partial charge >= 0.3 is 5.69 Å². The maximum Gasteiger partial charge on any atom is 0.343 e. The van der Waals surface area contributed by atoms with Gasteiger partial charge in [-0.15, -0.1) is 0 Å². The fourth-order valence-corrected chi connectivity index (χ4v) is 3.40. The fourth-order valence-electron chi connectivity index (χ4n) is 2.31. The van der Waals surface area contributed by atoms with Crippen LogP contribution < -0.4 is 5.32 Å². The molecule has 0 spiro atoms. The number of nitrogens with zero attached hydrogens (tertiary/aromatic N) is 3. The van der Waals surface area contributed by atoms with Gasteiger partial charge in [-0.3, -0.25) is 10.1 Å². The van der Waals surface area contributed by atoms with E-state index in [-0.39, 0.29) is 16.5 Å². The van der Waals surface area contributed by atoms with Gasteiger partial charge < -0.3 is 5.32 Å². The highest BCUT2D eigenvalue weighted by molar-refractivity contribution is 7.99. The van der Waals surface area contributed by atoms with E-state index in [1.807, 2.05) is 38.1 Å². The third kappa shape index (κ3) is 4.12. The van der Waals surface area contributed by atoms with Gasteiger partial charge in [0, 0.05) is 15.6 Å². The van der Waals surface area contributed by atoms with E-state index < -0.39 is 4.92 Å². The van der Waals surface area contributed by atoms with Crippen LogP contribution >= 0.6 is 23.4 Å². The quantitative estimate of drug-likeness (QED) is 0.351. The Hall–Kier alpha value is -2.64. The third-order valence-corrected chi connectivity index (χ3v) is 4.88. The Bertz CT molecular complexity index is 964. The molecule has 1 aromatic heterocycles. The summed E-state index contributed by atoms with van der Waals surface area (Å²) in [5.74, 6) is 0.144. The van der Waals surface area contributed by atoms with E-state index in [1.54, 1.807) is 18.2 Å². The molecule has 132 valence electrons. The highest BCUT2D eigenvalue weighted by Crippen LogP contribution is 2.38. The molecule has 0 radical (unpaired) electrons. The number of benzene rings is 2. The lowest BCUT2D eigenvalue weighted by atomic mass is 10.2. The molecule has 3 rings (SSSR count). The van der Waals surface area contributed by atoms with Crippen LogP contribution in [0.2, 0.25) is 5.02 Å². The average molecular weight is 387 g/mol. The fraction of sp³-hybridized carbons (Fsp3) is 0.111. The summed E-state index contributed by atoms with van der Waals surface area (Å²) in [6.07, 6.45) is 1.32. The van der Waals surface area contributed by atoms with Crippen LogP contribution in [0.4, 0.5) is 17.2 Å². The number of hydrogen-bond acceptors (Lipinski definition) is 6. The van der Waals surface area contributed by atoms with Gasteiger partial charge in [0.25, 0.3) is 0 Å². The molecule has 0 saturated heterocycles. The standard InChI is InChI=1S/C18H15ClN4O2S/c1-11-3-6-14(7-4-11)26-18-16(23(24)25)17(20-10-21-18)22-15-8-5-13(19)9-12(15)2/h3-10H,1-2H3,(H,20,21,22). The van der Waals surface area contributed by atoms with Gasteiger partial charge in [-0.1, -0.05) is 41.1 Å². The molecule has 2 aromatic carbocycles. The van der Waals surface area contributed by atoms with E-state index in [4.69, 9.17) is 11.6 Å². The normalized spacial score (nSPS) is 10.6. The Labute approximate surface area is 159 Å². The SMILES string of the molecule is Cc1ccc(Sc2ncnc(Nc3ccc(Cl)cc3C)c2[N+](=O)[O-])cc1. The monoisotopic (exact) mass is 386 g/mol. The number of nitrogens with one attached hydrogen (secondary N) is 1. The zero-order chi connectivity index (χ0) is 18.7. The Morgan fingerprint density at radius 3 is 2.50 bits per heavy atom. The Morgan fingerprint density at radius 2 is 1.85 bits per heavy atom. The Kier molecular flexibility index (Phi) is 5.39. The maximum absolute atomic E-state index is 11.7. The zero-order valence-electron chi connectivity index (χ0n) is 14.1. The van der Waals surface area contributed by atoms with E-state index >= 15 is 0 Å².